The zero-order chi connectivity index (χ0) is 17.1. The maximum atomic E-state index is 12.9. The molecular weight excluding hydrogens is 326 g/mol. The zero-order valence-corrected chi connectivity index (χ0v) is 14.1. The van der Waals surface area contributed by atoms with E-state index in [1.165, 1.54) is 6.08 Å². The van der Waals surface area contributed by atoms with Gasteiger partial charge in [-0.05, 0) is 43.0 Å². The van der Waals surface area contributed by atoms with E-state index < -0.39 is 0 Å². The van der Waals surface area contributed by atoms with E-state index in [0.29, 0.717) is 23.7 Å². The fourth-order valence-electron chi connectivity index (χ4n) is 3.21. The molecule has 0 saturated carbocycles. The van der Waals surface area contributed by atoms with Crippen molar-refractivity contribution in [3.8, 4) is 0 Å². The summed E-state index contributed by atoms with van der Waals surface area (Å²) in [4.78, 5) is 29.2. The van der Waals surface area contributed by atoms with Crippen molar-refractivity contribution in [2.45, 2.75) is 12.8 Å². The number of fused-ring (bicyclic) bond motifs is 1. The molecule has 2 N–H and O–H groups in total. The summed E-state index contributed by atoms with van der Waals surface area (Å²) < 4.78 is 0. The fraction of sp³-hybridized carbons (Fsp3) is 0.333. The molecule has 6 heteroatoms. The number of hydrogen-bond donors (Lipinski definition) is 2. The Hall–Kier alpha value is -2.27. The van der Waals surface area contributed by atoms with Gasteiger partial charge in [0.1, 0.15) is 0 Å². The fourth-order valence-corrected chi connectivity index (χ4v) is 3.43. The lowest BCUT2D eigenvalue weighted by Crippen LogP contribution is -2.43. The van der Waals surface area contributed by atoms with E-state index in [9.17, 15) is 9.59 Å². The third-order valence-electron chi connectivity index (χ3n) is 4.41. The van der Waals surface area contributed by atoms with Gasteiger partial charge in [-0.25, -0.2) is 0 Å². The minimum atomic E-state index is -0.179. The number of nitrogens with one attached hydrogen (secondary N) is 2. The van der Waals surface area contributed by atoms with Gasteiger partial charge in [0, 0.05) is 36.2 Å². The van der Waals surface area contributed by atoms with Crippen molar-refractivity contribution in [3.63, 3.8) is 0 Å². The number of H-pyrrole nitrogens is 1. The number of aromatic nitrogens is 1. The SMILES string of the molecule is C=CC(=O)NC[C@H]1CCCN(C(=O)c2cc(Cl)cc3cc[nH]c23)C1. The van der Waals surface area contributed by atoms with E-state index >= 15 is 0 Å². The molecule has 1 aromatic heterocycles. The van der Waals surface area contributed by atoms with Gasteiger partial charge in [0.2, 0.25) is 5.91 Å². The molecule has 0 bridgehead atoms. The molecule has 5 nitrogen and oxygen atoms in total. The molecule has 126 valence electrons. The quantitative estimate of drug-likeness (QED) is 0.837. The maximum Gasteiger partial charge on any atom is 0.256 e. The lowest BCUT2D eigenvalue weighted by molar-refractivity contribution is -0.116. The minimum absolute atomic E-state index is 0.0234. The van der Waals surface area contributed by atoms with Gasteiger partial charge in [0.15, 0.2) is 0 Å². The van der Waals surface area contributed by atoms with Crippen LogP contribution < -0.4 is 5.32 Å². The first-order valence-electron chi connectivity index (χ1n) is 8.04. The molecule has 0 radical (unpaired) electrons. The molecule has 0 aliphatic carbocycles. The van der Waals surface area contributed by atoms with Crippen molar-refractivity contribution >= 4 is 34.3 Å². The monoisotopic (exact) mass is 345 g/mol. The lowest BCUT2D eigenvalue weighted by Gasteiger charge is -2.33. The van der Waals surface area contributed by atoms with Crippen LogP contribution in [0.4, 0.5) is 0 Å². The maximum absolute atomic E-state index is 12.9. The molecule has 1 fully saturated rings. The van der Waals surface area contributed by atoms with Gasteiger partial charge in [0.25, 0.3) is 5.91 Å². The van der Waals surface area contributed by atoms with E-state index in [2.05, 4.69) is 16.9 Å². The van der Waals surface area contributed by atoms with Crippen molar-refractivity contribution in [2.24, 2.45) is 5.92 Å². The summed E-state index contributed by atoms with van der Waals surface area (Å²) in [6, 6.07) is 5.46. The van der Waals surface area contributed by atoms with Crippen LogP contribution in [0.5, 0.6) is 0 Å². The Morgan fingerprint density at radius 3 is 3.08 bits per heavy atom. The number of carbonyl (C=O) groups is 2. The summed E-state index contributed by atoms with van der Waals surface area (Å²) >= 11 is 6.15. The molecule has 0 unspecified atom stereocenters. The van der Waals surface area contributed by atoms with Crippen molar-refractivity contribution < 1.29 is 9.59 Å². The first-order valence-corrected chi connectivity index (χ1v) is 8.42. The summed E-state index contributed by atoms with van der Waals surface area (Å²) in [5.41, 5.74) is 1.41. The van der Waals surface area contributed by atoms with E-state index in [0.717, 1.165) is 30.3 Å². The second-order valence-corrected chi connectivity index (χ2v) is 6.54. The molecule has 1 atom stereocenters. The Kier molecular flexibility index (Phi) is 4.90. The Bertz CT molecular complexity index is 784. The smallest absolute Gasteiger partial charge is 0.256 e. The molecule has 0 spiro atoms. The lowest BCUT2D eigenvalue weighted by atomic mass is 9.97. The summed E-state index contributed by atoms with van der Waals surface area (Å²) in [7, 11) is 0. The van der Waals surface area contributed by atoms with Crippen LogP contribution in [0.1, 0.15) is 23.2 Å². The Morgan fingerprint density at radius 1 is 1.46 bits per heavy atom. The highest BCUT2D eigenvalue weighted by atomic mass is 35.5. The van der Waals surface area contributed by atoms with E-state index in [4.69, 9.17) is 11.6 Å². The van der Waals surface area contributed by atoms with Crippen LogP contribution in [0.25, 0.3) is 10.9 Å². The van der Waals surface area contributed by atoms with Crippen molar-refractivity contribution in [3.05, 3.63) is 47.6 Å². The molecule has 1 aliphatic rings. The van der Waals surface area contributed by atoms with Crippen molar-refractivity contribution in [1.29, 1.82) is 0 Å². The van der Waals surface area contributed by atoms with Gasteiger partial charge in [-0.15, -0.1) is 0 Å². The van der Waals surface area contributed by atoms with Crippen LogP contribution in [0.2, 0.25) is 5.02 Å². The second-order valence-electron chi connectivity index (χ2n) is 6.10. The van der Waals surface area contributed by atoms with Crippen LogP contribution in [0, 0.1) is 5.92 Å². The first kappa shape index (κ1) is 16.6. The van der Waals surface area contributed by atoms with Crippen molar-refractivity contribution in [1.82, 2.24) is 15.2 Å². The number of benzene rings is 1. The number of aromatic amines is 1. The average molecular weight is 346 g/mol. The summed E-state index contributed by atoms with van der Waals surface area (Å²) in [6.45, 7) is 5.36. The van der Waals surface area contributed by atoms with E-state index in [1.54, 1.807) is 6.07 Å². The third-order valence-corrected chi connectivity index (χ3v) is 4.63. The molecule has 1 aromatic carbocycles. The van der Waals surface area contributed by atoms with Gasteiger partial charge >= 0.3 is 0 Å². The summed E-state index contributed by atoms with van der Waals surface area (Å²) in [6.07, 6.45) is 4.99. The largest absolute Gasteiger partial charge is 0.361 e. The molecule has 24 heavy (non-hydrogen) atoms. The predicted octanol–water partition coefficient (Wildman–Crippen LogP) is 2.98. The first-order chi connectivity index (χ1) is 11.6. The van der Waals surface area contributed by atoms with Gasteiger partial charge in [-0.3, -0.25) is 9.59 Å². The Balaban J connectivity index is 1.75. The third kappa shape index (κ3) is 3.46. The summed E-state index contributed by atoms with van der Waals surface area (Å²) in [5, 5.41) is 4.30. The van der Waals surface area contributed by atoms with Gasteiger partial charge in [-0.2, -0.15) is 0 Å². The van der Waals surface area contributed by atoms with Crippen LogP contribution >= 0.6 is 11.6 Å². The highest BCUT2D eigenvalue weighted by molar-refractivity contribution is 6.32. The number of nitrogens with zero attached hydrogens (tertiary/aromatic N) is 1. The number of piperidine rings is 1. The molecule has 3 rings (SSSR count). The molecule has 2 aromatic rings. The predicted molar refractivity (Wildman–Crippen MR) is 95.1 cm³/mol. The van der Waals surface area contributed by atoms with Crippen LogP contribution in [-0.4, -0.2) is 41.3 Å². The van der Waals surface area contributed by atoms with E-state index in [1.807, 2.05) is 23.2 Å². The van der Waals surface area contributed by atoms with E-state index in [-0.39, 0.29) is 17.7 Å². The van der Waals surface area contributed by atoms with Crippen LogP contribution in [0.3, 0.4) is 0 Å². The minimum Gasteiger partial charge on any atom is -0.361 e. The van der Waals surface area contributed by atoms with Gasteiger partial charge in [0.05, 0.1) is 11.1 Å². The van der Waals surface area contributed by atoms with Gasteiger partial charge < -0.3 is 15.2 Å². The molecule has 2 amide bonds. The molecule has 2 heterocycles. The number of carbonyl (C=O) groups excluding carboxylic acids is 2. The van der Waals surface area contributed by atoms with Crippen molar-refractivity contribution in [2.75, 3.05) is 19.6 Å². The number of amides is 2. The van der Waals surface area contributed by atoms with Crippen LogP contribution in [-0.2, 0) is 4.79 Å². The standard InChI is InChI=1S/C18H20ClN3O2/c1-2-16(23)21-10-12-4-3-7-22(11-12)18(24)15-9-14(19)8-13-5-6-20-17(13)15/h2,5-6,8-9,12,20H,1,3-4,7,10-11H2,(H,21,23)/t12-/m1/s1. The summed E-state index contributed by atoms with van der Waals surface area (Å²) in [5.74, 6) is 0.0519. The second kappa shape index (κ2) is 7.09. The number of halogens is 1. The molecule has 1 aliphatic heterocycles. The number of hydrogen-bond acceptors (Lipinski definition) is 2. The Labute approximate surface area is 145 Å². The molecule has 1 saturated heterocycles. The topological polar surface area (TPSA) is 65.2 Å². The Morgan fingerprint density at radius 2 is 2.29 bits per heavy atom. The number of likely N-dealkylation sites (tertiary alicyclic amines) is 1. The van der Waals surface area contributed by atoms with Crippen LogP contribution in [0.15, 0.2) is 37.1 Å². The normalized spacial score (nSPS) is 17.7. The molecular formula is C18H20ClN3O2. The van der Waals surface area contributed by atoms with Gasteiger partial charge in [-0.1, -0.05) is 18.2 Å². The highest BCUT2D eigenvalue weighted by Crippen LogP contribution is 2.26. The average Bonchev–Trinajstić information content (AvgIpc) is 3.06. The number of rotatable bonds is 4. The zero-order valence-electron chi connectivity index (χ0n) is 13.3. The highest BCUT2D eigenvalue weighted by Gasteiger charge is 2.26.